The Morgan fingerprint density at radius 1 is 1.26 bits per heavy atom. The maximum Gasteiger partial charge on any atom is 0.341 e. The van der Waals surface area contributed by atoms with Gasteiger partial charge in [0.2, 0.25) is 0 Å². The van der Waals surface area contributed by atoms with Crippen molar-refractivity contribution in [1.82, 2.24) is 14.7 Å². The number of likely N-dealkylation sites (N-methyl/N-ethyl adjacent to an activating group) is 1. The van der Waals surface area contributed by atoms with Crippen LogP contribution in [0, 0.1) is 6.92 Å². The largest absolute Gasteiger partial charge is 0.477 e. The summed E-state index contributed by atoms with van der Waals surface area (Å²) in [7, 11) is 3.92. The molecule has 0 spiro atoms. The number of nitrogens with zero attached hydrogens (tertiary/aromatic N) is 4. The second-order valence-electron chi connectivity index (χ2n) is 5.48. The fourth-order valence-corrected chi connectivity index (χ4v) is 2.84. The number of carboxylic acids is 1. The van der Waals surface area contributed by atoms with E-state index in [9.17, 15) is 9.90 Å². The van der Waals surface area contributed by atoms with Crippen LogP contribution in [0.2, 0.25) is 0 Å². The first-order valence-corrected chi connectivity index (χ1v) is 6.56. The summed E-state index contributed by atoms with van der Waals surface area (Å²) in [6.45, 7) is 7.70. The lowest BCUT2D eigenvalue weighted by molar-refractivity contribution is 0.0696. The van der Waals surface area contributed by atoms with Gasteiger partial charge in [-0.2, -0.15) is 5.10 Å². The van der Waals surface area contributed by atoms with Gasteiger partial charge in [0, 0.05) is 32.2 Å². The standard InChI is InChI=1S/C13H22N4O2/c1-8-6-17(7-9(2)15(8)4)12-11(13(18)19)10(3)14-16(12)5/h8-9H,6-7H2,1-5H3,(H,18,19). The number of aromatic nitrogens is 2. The summed E-state index contributed by atoms with van der Waals surface area (Å²) in [6.07, 6.45) is 0. The Labute approximate surface area is 113 Å². The average molecular weight is 266 g/mol. The lowest BCUT2D eigenvalue weighted by atomic mass is 10.1. The van der Waals surface area contributed by atoms with E-state index >= 15 is 0 Å². The molecule has 0 aromatic carbocycles. The lowest BCUT2D eigenvalue weighted by Gasteiger charge is -2.43. The fraction of sp³-hybridized carbons (Fsp3) is 0.692. The van der Waals surface area contributed by atoms with Crippen LogP contribution in [0.25, 0.3) is 0 Å². The number of anilines is 1. The molecule has 1 aromatic heterocycles. The third-order valence-corrected chi connectivity index (χ3v) is 4.07. The molecule has 0 aliphatic carbocycles. The van der Waals surface area contributed by atoms with Gasteiger partial charge < -0.3 is 10.0 Å². The minimum atomic E-state index is -0.903. The van der Waals surface area contributed by atoms with Crippen molar-refractivity contribution >= 4 is 11.8 Å². The predicted octanol–water partition coefficient (Wildman–Crippen LogP) is 0.956. The molecule has 1 aromatic rings. The molecule has 19 heavy (non-hydrogen) atoms. The van der Waals surface area contributed by atoms with Gasteiger partial charge in [0.05, 0.1) is 5.69 Å². The Morgan fingerprint density at radius 3 is 2.26 bits per heavy atom. The molecule has 0 amide bonds. The molecule has 6 nitrogen and oxygen atoms in total. The van der Waals surface area contributed by atoms with Crippen LogP contribution in [0.3, 0.4) is 0 Å². The second kappa shape index (κ2) is 4.85. The summed E-state index contributed by atoms with van der Waals surface area (Å²) in [6, 6.07) is 0.779. The maximum absolute atomic E-state index is 11.4. The average Bonchev–Trinajstić information content (AvgIpc) is 2.60. The Morgan fingerprint density at radius 2 is 1.79 bits per heavy atom. The molecule has 1 aliphatic heterocycles. The second-order valence-corrected chi connectivity index (χ2v) is 5.48. The summed E-state index contributed by atoms with van der Waals surface area (Å²) in [4.78, 5) is 15.9. The number of piperazine rings is 1. The summed E-state index contributed by atoms with van der Waals surface area (Å²) in [5.41, 5.74) is 0.899. The van der Waals surface area contributed by atoms with Crippen LogP contribution in [0.1, 0.15) is 29.9 Å². The molecule has 2 rings (SSSR count). The number of carboxylic acid groups (broad SMARTS) is 1. The van der Waals surface area contributed by atoms with Crippen molar-refractivity contribution in [3.8, 4) is 0 Å². The molecule has 0 saturated carbocycles. The van der Waals surface area contributed by atoms with E-state index in [0.29, 0.717) is 23.3 Å². The van der Waals surface area contributed by atoms with Gasteiger partial charge in [-0.1, -0.05) is 0 Å². The highest BCUT2D eigenvalue weighted by molar-refractivity contribution is 5.94. The first-order valence-electron chi connectivity index (χ1n) is 6.56. The summed E-state index contributed by atoms with van der Waals surface area (Å²) in [5, 5.41) is 13.6. The molecule has 6 heteroatoms. The van der Waals surface area contributed by atoms with Gasteiger partial charge in [-0.05, 0) is 27.8 Å². The van der Waals surface area contributed by atoms with E-state index in [1.807, 2.05) is 7.05 Å². The van der Waals surface area contributed by atoms with E-state index in [1.165, 1.54) is 0 Å². The van der Waals surface area contributed by atoms with Gasteiger partial charge in [-0.25, -0.2) is 4.79 Å². The van der Waals surface area contributed by atoms with Gasteiger partial charge in [-0.15, -0.1) is 0 Å². The molecule has 0 radical (unpaired) electrons. The highest BCUT2D eigenvalue weighted by Gasteiger charge is 2.31. The van der Waals surface area contributed by atoms with Gasteiger partial charge >= 0.3 is 5.97 Å². The van der Waals surface area contributed by atoms with Gasteiger partial charge in [0.1, 0.15) is 11.4 Å². The minimum absolute atomic E-state index is 0.325. The van der Waals surface area contributed by atoms with Gasteiger partial charge in [-0.3, -0.25) is 9.58 Å². The van der Waals surface area contributed by atoms with E-state index in [1.54, 1.807) is 11.6 Å². The predicted molar refractivity (Wildman–Crippen MR) is 73.8 cm³/mol. The van der Waals surface area contributed by atoms with Crippen molar-refractivity contribution in [3.05, 3.63) is 11.3 Å². The fourth-order valence-electron chi connectivity index (χ4n) is 2.84. The molecule has 2 unspecified atom stereocenters. The van der Waals surface area contributed by atoms with E-state index in [-0.39, 0.29) is 0 Å². The zero-order valence-corrected chi connectivity index (χ0v) is 12.2. The number of rotatable bonds is 2. The van der Waals surface area contributed by atoms with Crippen molar-refractivity contribution in [2.75, 3.05) is 25.0 Å². The monoisotopic (exact) mass is 266 g/mol. The molecular formula is C13H22N4O2. The molecule has 2 heterocycles. The zero-order chi connectivity index (χ0) is 14.3. The van der Waals surface area contributed by atoms with Crippen LogP contribution in [-0.4, -0.2) is 58.0 Å². The third-order valence-electron chi connectivity index (χ3n) is 4.07. The number of aryl methyl sites for hydroxylation is 2. The molecule has 106 valence electrons. The molecule has 1 aliphatic rings. The number of carbonyl (C=O) groups is 1. The molecular weight excluding hydrogens is 244 g/mol. The Hall–Kier alpha value is -1.56. The lowest BCUT2D eigenvalue weighted by Crippen LogP contribution is -2.55. The molecule has 0 bridgehead atoms. The van der Waals surface area contributed by atoms with Crippen LogP contribution < -0.4 is 4.90 Å². The van der Waals surface area contributed by atoms with Crippen molar-refractivity contribution in [1.29, 1.82) is 0 Å². The van der Waals surface area contributed by atoms with E-state index in [2.05, 4.69) is 35.8 Å². The number of aromatic carboxylic acids is 1. The summed E-state index contributed by atoms with van der Waals surface area (Å²) >= 11 is 0. The Kier molecular flexibility index (Phi) is 3.54. The smallest absolute Gasteiger partial charge is 0.341 e. The van der Waals surface area contributed by atoms with Crippen molar-refractivity contribution < 1.29 is 9.90 Å². The maximum atomic E-state index is 11.4. The van der Waals surface area contributed by atoms with E-state index < -0.39 is 5.97 Å². The van der Waals surface area contributed by atoms with Crippen molar-refractivity contribution in [3.63, 3.8) is 0 Å². The van der Waals surface area contributed by atoms with Crippen LogP contribution in [0.5, 0.6) is 0 Å². The van der Waals surface area contributed by atoms with E-state index in [0.717, 1.165) is 18.9 Å². The van der Waals surface area contributed by atoms with Crippen LogP contribution in [0.15, 0.2) is 0 Å². The minimum Gasteiger partial charge on any atom is -0.477 e. The number of hydrogen-bond acceptors (Lipinski definition) is 4. The summed E-state index contributed by atoms with van der Waals surface area (Å²) < 4.78 is 1.68. The Balaban J connectivity index is 2.40. The normalized spacial score (nSPS) is 24.8. The van der Waals surface area contributed by atoms with Crippen molar-refractivity contribution in [2.45, 2.75) is 32.9 Å². The highest BCUT2D eigenvalue weighted by atomic mass is 16.4. The Bertz CT molecular complexity index is 485. The quantitative estimate of drug-likeness (QED) is 0.863. The van der Waals surface area contributed by atoms with Crippen LogP contribution >= 0.6 is 0 Å². The molecule has 1 N–H and O–H groups in total. The molecule has 1 saturated heterocycles. The highest BCUT2D eigenvalue weighted by Crippen LogP contribution is 2.26. The SMILES string of the molecule is Cc1nn(C)c(N2CC(C)N(C)C(C)C2)c1C(=O)O. The van der Waals surface area contributed by atoms with Gasteiger partial charge in [0.25, 0.3) is 0 Å². The first kappa shape index (κ1) is 13.9. The third kappa shape index (κ3) is 2.32. The summed E-state index contributed by atoms with van der Waals surface area (Å²) in [5.74, 6) is -0.184. The topological polar surface area (TPSA) is 61.6 Å². The first-order chi connectivity index (χ1) is 8.82. The van der Waals surface area contributed by atoms with Crippen molar-refractivity contribution in [2.24, 2.45) is 7.05 Å². The van der Waals surface area contributed by atoms with E-state index in [4.69, 9.17) is 0 Å². The molecule has 1 fully saturated rings. The van der Waals surface area contributed by atoms with Gasteiger partial charge in [0.15, 0.2) is 0 Å². The van der Waals surface area contributed by atoms with Crippen LogP contribution in [-0.2, 0) is 7.05 Å². The van der Waals surface area contributed by atoms with Crippen LogP contribution in [0.4, 0.5) is 5.82 Å². The zero-order valence-electron chi connectivity index (χ0n) is 12.2. The molecule has 2 atom stereocenters. The number of hydrogen-bond donors (Lipinski definition) is 1.